The number of fused-ring (bicyclic) bond motifs is 1. The summed E-state index contributed by atoms with van der Waals surface area (Å²) in [7, 11) is 0. The molecule has 0 aliphatic heterocycles. The van der Waals surface area contributed by atoms with Crippen LogP contribution in [0.3, 0.4) is 0 Å². The first-order valence-corrected chi connectivity index (χ1v) is 9.07. The van der Waals surface area contributed by atoms with Gasteiger partial charge in [-0.2, -0.15) is 9.97 Å². The summed E-state index contributed by atoms with van der Waals surface area (Å²) in [6, 6.07) is 25.1. The summed E-state index contributed by atoms with van der Waals surface area (Å²) in [6.45, 7) is 0. The lowest BCUT2D eigenvalue weighted by Gasteiger charge is -2.05. The summed E-state index contributed by atoms with van der Waals surface area (Å²) < 4.78 is 5.87. The van der Waals surface area contributed by atoms with E-state index in [1.54, 1.807) is 0 Å². The van der Waals surface area contributed by atoms with Crippen LogP contribution in [0.2, 0.25) is 5.28 Å². The van der Waals surface area contributed by atoms with Crippen LogP contribution in [0.1, 0.15) is 0 Å². The Kier molecular flexibility index (Phi) is 4.07. The largest absolute Gasteiger partial charge is 0.436 e. The van der Waals surface area contributed by atoms with Crippen LogP contribution in [0.5, 0.6) is 0 Å². The number of rotatable bonds is 3. The zero-order valence-corrected chi connectivity index (χ0v) is 15.3. The molecule has 28 heavy (non-hydrogen) atoms. The van der Waals surface area contributed by atoms with Crippen molar-refractivity contribution in [2.75, 3.05) is 0 Å². The van der Waals surface area contributed by atoms with Crippen molar-refractivity contribution in [3.63, 3.8) is 0 Å². The second kappa shape index (κ2) is 6.87. The van der Waals surface area contributed by atoms with Crippen molar-refractivity contribution in [2.45, 2.75) is 0 Å². The number of nitrogens with zero attached hydrogens (tertiary/aromatic N) is 4. The average molecular weight is 385 g/mol. The summed E-state index contributed by atoms with van der Waals surface area (Å²) in [5.74, 6) is 1.58. The normalized spacial score (nSPS) is 11.0. The third-order valence-electron chi connectivity index (χ3n) is 4.30. The number of para-hydroxylation sites is 2. The maximum absolute atomic E-state index is 6.17. The molecule has 0 atom stereocenters. The predicted octanol–water partition coefficient (Wildman–Crippen LogP) is 5.67. The molecule has 0 bridgehead atoms. The van der Waals surface area contributed by atoms with Crippen molar-refractivity contribution >= 4 is 22.7 Å². The van der Waals surface area contributed by atoms with Crippen molar-refractivity contribution in [3.8, 4) is 34.2 Å². The first-order chi connectivity index (χ1) is 13.8. The topological polar surface area (TPSA) is 64.7 Å². The van der Waals surface area contributed by atoms with Crippen LogP contribution in [-0.2, 0) is 0 Å². The number of hydrogen-bond acceptors (Lipinski definition) is 5. The van der Waals surface area contributed by atoms with Gasteiger partial charge in [-0.15, -0.1) is 0 Å². The van der Waals surface area contributed by atoms with E-state index in [9.17, 15) is 0 Å². The smallest absolute Gasteiger partial charge is 0.227 e. The highest BCUT2D eigenvalue weighted by Gasteiger charge is 2.12. The number of aromatic nitrogens is 4. The van der Waals surface area contributed by atoms with Crippen molar-refractivity contribution < 1.29 is 4.42 Å². The molecule has 6 heteroatoms. The molecule has 0 amide bonds. The molecule has 5 aromatic rings. The van der Waals surface area contributed by atoms with Crippen molar-refractivity contribution in [1.29, 1.82) is 0 Å². The van der Waals surface area contributed by atoms with Gasteiger partial charge in [0.25, 0.3) is 0 Å². The maximum Gasteiger partial charge on any atom is 0.227 e. The molecule has 0 saturated carbocycles. The number of benzene rings is 3. The lowest BCUT2D eigenvalue weighted by atomic mass is 10.1. The molecule has 0 N–H and O–H groups in total. The minimum atomic E-state index is 0.149. The zero-order chi connectivity index (χ0) is 18.9. The van der Waals surface area contributed by atoms with Crippen LogP contribution in [0, 0.1) is 0 Å². The Morgan fingerprint density at radius 3 is 2.11 bits per heavy atom. The Morgan fingerprint density at radius 2 is 1.29 bits per heavy atom. The Labute approximate surface area is 165 Å². The van der Waals surface area contributed by atoms with E-state index in [2.05, 4.69) is 19.9 Å². The molecule has 0 fully saturated rings. The molecule has 5 nitrogen and oxygen atoms in total. The van der Waals surface area contributed by atoms with E-state index >= 15 is 0 Å². The van der Waals surface area contributed by atoms with Crippen molar-refractivity contribution in [2.24, 2.45) is 0 Å². The SMILES string of the molecule is Clc1nc(-c2ccccc2)nc(-c2cccc(-c3nc4ccccc4o3)c2)n1. The van der Waals surface area contributed by atoms with E-state index in [1.807, 2.05) is 78.9 Å². The van der Waals surface area contributed by atoms with Gasteiger partial charge in [-0.3, -0.25) is 0 Å². The standard InChI is InChI=1S/C22H13ClN4O/c23-22-26-19(14-7-2-1-3-8-14)25-20(27-22)15-9-6-10-16(13-15)21-24-17-11-4-5-12-18(17)28-21/h1-13H. The second-order valence-corrected chi connectivity index (χ2v) is 6.52. The lowest BCUT2D eigenvalue weighted by molar-refractivity contribution is 0.620. The van der Waals surface area contributed by atoms with Crippen LogP contribution < -0.4 is 0 Å². The van der Waals surface area contributed by atoms with Gasteiger partial charge in [0, 0.05) is 16.7 Å². The molecule has 2 heterocycles. The minimum Gasteiger partial charge on any atom is -0.436 e. The molecule has 0 aliphatic carbocycles. The second-order valence-electron chi connectivity index (χ2n) is 6.19. The quantitative estimate of drug-likeness (QED) is 0.401. The molecule has 0 unspecified atom stereocenters. The van der Waals surface area contributed by atoms with E-state index in [4.69, 9.17) is 16.0 Å². The van der Waals surface area contributed by atoms with Gasteiger partial charge >= 0.3 is 0 Å². The first-order valence-electron chi connectivity index (χ1n) is 8.70. The van der Waals surface area contributed by atoms with Gasteiger partial charge in [0.2, 0.25) is 11.2 Å². The summed E-state index contributed by atoms with van der Waals surface area (Å²) >= 11 is 6.17. The molecule has 134 valence electrons. The lowest BCUT2D eigenvalue weighted by Crippen LogP contribution is -1.97. The first kappa shape index (κ1) is 16.6. The monoisotopic (exact) mass is 384 g/mol. The molecule has 0 spiro atoms. The Bertz CT molecular complexity index is 1250. The number of halogens is 1. The fraction of sp³-hybridized carbons (Fsp3) is 0. The molecule has 3 aromatic carbocycles. The molecule has 0 aliphatic rings. The van der Waals surface area contributed by atoms with Crippen LogP contribution >= 0.6 is 11.6 Å². The van der Waals surface area contributed by atoms with E-state index in [-0.39, 0.29) is 5.28 Å². The van der Waals surface area contributed by atoms with E-state index in [0.717, 1.165) is 27.8 Å². The van der Waals surface area contributed by atoms with Crippen LogP contribution in [0.25, 0.3) is 45.3 Å². The minimum absolute atomic E-state index is 0.149. The van der Waals surface area contributed by atoms with E-state index in [0.29, 0.717) is 17.5 Å². The summed E-state index contributed by atoms with van der Waals surface area (Å²) in [5, 5.41) is 0.149. The Morgan fingerprint density at radius 1 is 0.607 bits per heavy atom. The fourth-order valence-corrected chi connectivity index (χ4v) is 3.14. The molecule has 0 saturated heterocycles. The van der Waals surface area contributed by atoms with Gasteiger partial charge in [-0.25, -0.2) is 9.97 Å². The summed E-state index contributed by atoms with van der Waals surface area (Å²) in [4.78, 5) is 17.7. The van der Waals surface area contributed by atoms with Gasteiger partial charge in [0.15, 0.2) is 17.2 Å². The average Bonchev–Trinajstić information content (AvgIpc) is 3.18. The van der Waals surface area contributed by atoms with Gasteiger partial charge in [-0.05, 0) is 35.9 Å². The van der Waals surface area contributed by atoms with Gasteiger partial charge < -0.3 is 4.42 Å². The van der Waals surface area contributed by atoms with E-state index < -0.39 is 0 Å². The van der Waals surface area contributed by atoms with E-state index in [1.165, 1.54) is 0 Å². The summed E-state index contributed by atoms with van der Waals surface area (Å²) in [5.41, 5.74) is 4.09. The van der Waals surface area contributed by atoms with Crippen molar-refractivity contribution in [3.05, 3.63) is 84.1 Å². The van der Waals surface area contributed by atoms with Crippen LogP contribution in [0.15, 0.2) is 83.3 Å². The molecule has 5 rings (SSSR count). The highest BCUT2D eigenvalue weighted by Crippen LogP contribution is 2.28. The number of hydrogen-bond donors (Lipinski definition) is 0. The third kappa shape index (κ3) is 3.12. The molecule has 2 aromatic heterocycles. The zero-order valence-electron chi connectivity index (χ0n) is 14.6. The Hall–Kier alpha value is -3.57. The van der Waals surface area contributed by atoms with Gasteiger partial charge in [-0.1, -0.05) is 54.6 Å². The highest BCUT2D eigenvalue weighted by atomic mass is 35.5. The predicted molar refractivity (Wildman–Crippen MR) is 109 cm³/mol. The molecule has 0 radical (unpaired) electrons. The summed E-state index contributed by atoms with van der Waals surface area (Å²) in [6.07, 6.45) is 0. The Balaban J connectivity index is 1.59. The number of oxazole rings is 1. The van der Waals surface area contributed by atoms with Crippen molar-refractivity contribution in [1.82, 2.24) is 19.9 Å². The van der Waals surface area contributed by atoms with Crippen LogP contribution in [0.4, 0.5) is 0 Å². The van der Waals surface area contributed by atoms with Gasteiger partial charge in [0.1, 0.15) is 5.52 Å². The van der Waals surface area contributed by atoms with Crippen LogP contribution in [-0.4, -0.2) is 19.9 Å². The maximum atomic E-state index is 6.17. The highest BCUT2D eigenvalue weighted by molar-refractivity contribution is 6.28. The molecular weight excluding hydrogens is 372 g/mol. The fourth-order valence-electron chi connectivity index (χ4n) is 2.98. The third-order valence-corrected chi connectivity index (χ3v) is 4.47. The molecular formula is C22H13ClN4O. The van der Waals surface area contributed by atoms with Gasteiger partial charge in [0.05, 0.1) is 0 Å².